The molecule has 13 N–H and O–H groups in total. The van der Waals surface area contributed by atoms with Crippen molar-refractivity contribution < 1.29 is 79.0 Å². The van der Waals surface area contributed by atoms with Crippen LogP contribution in [0.25, 0.3) is 0 Å². The Bertz CT molecular complexity index is 1400. The molecule has 1 saturated heterocycles. The normalized spacial score (nSPS) is 29.9. The molecule has 0 aromatic rings. The number of aliphatic hydroxyl groups is 7. The minimum atomic E-state index is -3.07. The van der Waals surface area contributed by atoms with E-state index in [2.05, 4.69) is 22.2 Å². The third-order valence-electron chi connectivity index (χ3n) is 8.50. The molecular weight excluding hydrogens is 694 g/mol. The number of guanidine groups is 1. The topological polar surface area (TPSA) is 309 Å². The second kappa shape index (κ2) is 19.9. The highest BCUT2D eigenvalue weighted by molar-refractivity contribution is 5.94. The maximum Gasteiger partial charge on any atom is 0.343 e. The Balaban J connectivity index is 2.08. The number of aliphatic carboxylic acids is 1. The average molecular weight is 745 g/mol. The van der Waals surface area contributed by atoms with E-state index in [1.54, 1.807) is 12.2 Å². The zero-order valence-electron chi connectivity index (χ0n) is 28.8. The van der Waals surface area contributed by atoms with Gasteiger partial charge in [0.2, 0.25) is 12.1 Å². The number of hydrogen-bond acceptors (Lipinski definition) is 16. The van der Waals surface area contributed by atoms with Crippen molar-refractivity contribution in [3.63, 3.8) is 0 Å². The van der Waals surface area contributed by atoms with Crippen LogP contribution in [0.2, 0.25) is 0 Å². The molecular formula is C32H50N5O15+. The molecule has 52 heavy (non-hydrogen) atoms. The third-order valence-corrected chi connectivity index (χ3v) is 8.50. The molecule has 0 aromatic carbocycles. The van der Waals surface area contributed by atoms with Crippen molar-refractivity contribution in [3.05, 3.63) is 59.7 Å². The second-order valence-electron chi connectivity index (χ2n) is 11.9. The van der Waals surface area contributed by atoms with Gasteiger partial charge in [-0.3, -0.25) is 10.3 Å². The van der Waals surface area contributed by atoms with Crippen molar-refractivity contribution in [2.45, 2.75) is 49.3 Å². The lowest BCUT2D eigenvalue weighted by atomic mass is 9.83. The quantitative estimate of drug-likeness (QED) is 0.0156. The fourth-order valence-electron chi connectivity index (χ4n) is 5.74. The molecule has 0 saturated carbocycles. The van der Waals surface area contributed by atoms with Gasteiger partial charge < -0.3 is 80.5 Å². The summed E-state index contributed by atoms with van der Waals surface area (Å²) in [6.07, 6.45) is -2.59. The highest BCUT2D eigenvalue weighted by Gasteiger charge is 2.58. The van der Waals surface area contributed by atoms with Gasteiger partial charge in [0.1, 0.15) is 43.3 Å². The number of aliphatic imine (C=N–C) groups is 1. The third kappa shape index (κ3) is 10.2. The molecule has 0 spiro atoms. The van der Waals surface area contributed by atoms with Gasteiger partial charge in [0.15, 0.2) is 18.4 Å². The van der Waals surface area contributed by atoms with Gasteiger partial charge in [-0.25, -0.2) is 9.59 Å². The van der Waals surface area contributed by atoms with Gasteiger partial charge in [-0.2, -0.15) is 0 Å². The van der Waals surface area contributed by atoms with E-state index >= 15 is 0 Å². The number of carboxylic acid groups (broad SMARTS) is 1. The number of esters is 1. The van der Waals surface area contributed by atoms with E-state index in [1.165, 1.54) is 19.3 Å². The zero-order chi connectivity index (χ0) is 38.6. The summed E-state index contributed by atoms with van der Waals surface area (Å²) < 4.78 is 28.0. The molecule has 3 aliphatic rings. The Labute approximate surface area is 299 Å². The Morgan fingerprint density at radius 3 is 2.54 bits per heavy atom. The molecule has 0 aromatic heterocycles. The standard InChI is InChI=1S/C32H49N5O15/c1-4-18-19(7-6-17-12-37(9-11-39)13-20(27(43)44)24(17)36-31(33)35-8-5-10-38)21(28(45)48-3)16-49-29(18)52-30-26(51-23(15-41)34-2)32(46,47)25(42)22(14-40)50-30/h4,6-7,13,16,18-19,22-23,25-26,29-30,34,38-42,46-47H,1,5,8-12,14-15H2,2-3H3,(H,43,44)(H3,33,35,36)/p+1/b7-6+/t18-,19+,22-,23-,25-,26+,29+,30+/m1/s1. The number of nitrogens with two attached hydrogens (primary N) is 1. The number of aliphatic hydroxyl groups excluding tert-OH is 5. The van der Waals surface area contributed by atoms with E-state index in [0.29, 0.717) is 16.9 Å². The summed E-state index contributed by atoms with van der Waals surface area (Å²) in [5.74, 6) is -7.20. The first kappa shape index (κ1) is 42.6. The van der Waals surface area contributed by atoms with E-state index in [-0.39, 0.29) is 55.7 Å². The lowest BCUT2D eigenvalue weighted by molar-refractivity contribution is -0.843. The van der Waals surface area contributed by atoms with Crippen molar-refractivity contribution in [2.75, 3.05) is 60.2 Å². The predicted octanol–water partition coefficient (Wildman–Crippen LogP) is -5.53. The SMILES string of the molecule is C=C[C@H]1[C@H](O[C@@H]2O[C@H](CO)[C@@H](O)C(O)(O)[C@H]2O[C@H](CO)NC)OC=C(C(=O)OC)[C@H]1/C=C/C1=C(NC(N)=NCCCO)C(C(=O)O)=C[NH+](CCO)C1. The van der Waals surface area contributed by atoms with Crippen LogP contribution in [-0.4, -0.2) is 162 Å². The molecule has 3 heterocycles. The second-order valence-corrected chi connectivity index (χ2v) is 11.9. The highest BCUT2D eigenvalue weighted by atomic mass is 16.8. The first-order valence-corrected chi connectivity index (χ1v) is 16.4. The van der Waals surface area contributed by atoms with E-state index in [1.807, 2.05) is 0 Å². The van der Waals surface area contributed by atoms with Crippen LogP contribution in [0, 0.1) is 11.8 Å². The van der Waals surface area contributed by atoms with Gasteiger partial charge in [-0.15, -0.1) is 6.58 Å². The van der Waals surface area contributed by atoms with Crippen molar-refractivity contribution in [1.82, 2.24) is 10.6 Å². The molecule has 292 valence electrons. The van der Waals surface area contributed by atoms with E-state index in [9.17, 15) is 45.3 Å². The molecule has 0 amide bonds. The molecule has 0 bridgehead atoms. The number of rotatable bonds is 18. The van der Waals surface area contributed by atoms with E-state index < -0.39 is 79.9 Å². The largest absolute Gasteiger partial charge is 0.477 e. The number of nitrogens with one attached hydrogen (secondary N) is 3. The molecule has 0 radical (unpaired) electrons. The van der Waals surface area contributed by atoms with Crippen molar-refractivity contribution in [1.29, 1.82) is 0 Å². The summed E-state index contributed by atoms with van der Waals surface area (Å²) in [5.41, 5.74) is 6.33. The number of methoxy groups -OCH3 is 1. The minimum absolute atomic E-state index is 0.0109. The van der Waals surface area contributed by atoms with Crippen LogP contribution in [0.4, 0.5) is 0 Å². The van der Waals surface area contributed by atoms with Crippen LogP contribution in [0.1, 0.15) is 6.42 Å². The number of carboxylic acids is 1. The molecule has 20 nitrogen and oxygen atoms in total. The monoisotopic (exact) mass is 744 g/mol. The number of carbonyl (C=O) groups is 2. The van der Waals surface area contributed by atoms with E-state index in [4.69, 9.17) is 34.5 Å². The molecule has 3 aliphatic heterocycles. The Hall–Kier alpha value is -3.77. The number of ether oxygens (including phenoxy) is 5. The zero-order valence-corrected chi connectivity index (χ0v) is 28.8. The first-order valence-electron chi connectivity index (χ1n) is 16.4. The smallest absolute Gasteiger partial charge is 0.343 e. The van der Waals surface area contributed by atoms with Crippen molar-refractivity contribution in [3.8, 4) is 0 Å². The number of carbonyl (C=O) groups excluding carboxylic acids is 1. The summed E-state index contributed by atoms with van der Waals surface area (Å²) in [4.78, 5) is 30.1. The van der Waals surface area contributed by atoms with Crippen LogP contribution in [-0.2, 0) is 33.3 Å². The van der Waals surface area contributed by atoms with Crippen LogP contribution >= 0.6 is 0 Å². The average Bonchev–Trinajstić information content (AvgIpc) is 3.12. The van der Waals surface area contributed by atoms with Crippen LogP contribution in [0.3, 0.4) is 0 Å². The summed E-state index contributed by atoms with van der Waals surface area (Å²) in [6, 6.07) is 0. The Morgan fingerprint density at radius 2 is 1.96 bits per heavy atom. The Kier molecular flexibility index (Phi) is 16.3. The first-order chi connectivity index (χ1) is 24.8. The minimum Gasteiger partial charge on any atom is -0.477 e. The molecule has 20 heteroatoms. The van der Waals surface area contributed by atoms with Crippen molar-refractivity contribution in [2.24, 2.45) is 22.6 Å². The number of quaternary nitrogens is 1. The maximum atomic E-state index is 13.0. The van der Waals surface area contributed by atoms with Gasteiger partial charge >= 0.3 is 11.9 Å². The summed E-state index contributed by atoms with van der Waals surface area (Å²) in [7, 11) is 2.57. The van der Waals surface area contributed by atoms with Crippen LogP contribution < -0.4 is 21.3 Å². The molecule has 3 rings (SSSR count). The highest BCUT2D eigenvalue weighted by Crippen LogP contribution is 2.38. The summed E-state index contributed by atoms with van der Waals surface area (Å²) in [6.45, 7) is 2.47. The summed E-state index contributed by atoms with van der Waals surface area (Å²) >= 11 is 0. The molecule has 1 fully saturated rings. The van der Waals surface area contributed by atoms with Gasteiger partial charge in [-0.05, 0) is 13.5 Å². The van der Waals surface area contributed by atoms with Gasteiger partial charge in [0, 0.05) is 24.6 Å². The van der Waals surface area contributed by atoms with Crippen LogP contribution in [0.5, 0.6) is 0 Å². The molecule has 1 unspecified atom stereocenters. The maximum absolute atomic E-state index is 13.0. The number of likely N-dealkylation sites (N-methyl/N-ethyl adjacent to an activating group) is 1. The number of hydrogen-bond donors (Lipinski definition) is 12. The number of allylic oxidation sites excluding steroid dienone is 1. The number of nitrogens with zero attached hydrogens (tertiary/aromatic N) is 1. The van der Waals surface area contributed by atoms with Gasteiger partial charge in [0.05, 0.1) is 50.4 Å². The summed E-state index contributed by atoms with van der Waals surface area (Å²) in [5, 5.41) is 86.1. The predicted molar refractivity (Wildman–Crippen MR) is 178 cm³/mol. The van der Waals surface area contributed by atoms with Gasteiger partial charge in [-0.1, -0.05) is 18.2 Å². The fraction of sp³-hybridized carbons (Fsp3) is 0.594. The lowest BCUT2D eigenvalue weighted by Crippen LogP contribution is -3.09. The lowest BCUT2D eigenvalue weighted by Gasteiger charge is -2.48. The Morgan fingerprint density at radius 1 is 1.23 bits per heavy atom. The fourth-order valence-corrected chi connectivity index (χ4v) is 5.74. The molecule has 0 aliphatic carbocycles. The van der Waals surface area contributed by atoms with E-state index in [0.717, 1.165) is 13.4 Å². The van der Waals surface area contributed by atoms with Gasteiger partial charge in [0.25, 0.3) is 0 Å². The van der Waals surface area contributed by atoms with Crippen LogP contribution in [0.15, 0.2) is 64.7 Å². The molecule has 9 atom stereocenters. The van der Waals surface area contributed by atoms with Crippen molar-refractivity contribution >= 4 is 17.9 Å².